The van der Waals surface area contributed by atoms with Gasteiger partial charge in [0.05, 0.1) is 5.54 Å². The van der Waals surface area contributed by atoms with Gasteiger partial charge in [0.1, 0.15) is 11.9 Å². The predicted molar refractivity (Wildman–Crippen MR) is 104 cm³/mol. The van der Waals surface area contributed by atoms with Crippen molar-refractivity contribution in [1.29, 1.82) is 0 Å². The lowest BCUT2D eigenvalue weighted by molar-refractivity contribution is -0.0136. The standard InChI is InChI=1S/C21H32N2O4/c1-16(2)23-12-8-19(9-13-23)27-18-6-4-17(5-7-18)21(22(3)20(24)25)10-14-26-15-11-21/h4-7,16,19H,8-15H2,1-3H3,(H,24,25). The van der Waals surface area contributed by atoms with Gasteiger partial charge in [0.2, 0.25) is 0 Å². The number of piperidine rings is 1. The molecule has 2 fully saturated rings. The summed E-state index contributed by atoms with van der Waals surface area (Å²) >= 11 is 0. The van der Waals surface area contributed by atoms with Gasteiger partial charge in [-0.1, -0.05) is 12.1 Å². The molecule has 2 heterocycles. The van der Waals surface area contributed by atoms with E-state index in [9.17, 15) is 9.90 Å². The van der Waals surface area contributed by atoms with Crippen LogP contribution in [0.4, 0.5) is 4.79 Å². The van der Waals surface area contributed by atoms with Crippen molar-refractivity contribution in [2.75, 3.05) is 33.4 Å². The fourth-order valence-corrected chi connectivity index (χ4v) is 4.26. The molecule has 1 amide bonds. The molecule has 2 aliphatic heterocycles. The van der Waals surface area contributed by atoms with E-state index in [0.717, 1.165) is 37.2 Å². The van der Waals surface area contributed by atoms with Gasteiger partial charge in [-0.2, -0.15) is 0 Å². The topological polar surface area (TPSA) is 62.2 Å². The summed E-state index contributed by atoms with van der Waals surface area (Å²) < 4.78 is 11.7. The molecule has 6 nitrogen and oxygen atoms in total. The summed E-state index contributed by atoms with van der Waals surface area (Å²) in [6.45, 7) is 7.77. The Kier molecular flexibility index (Phi) is 6.27. The zero-order chi connectivity index (χ0) is 19.4. The molecule has 0 aliphatic carbocycles. The Balaban J connectivity index is 1.68. The van der Waals surface area contributed by atoms with Crippen LogP contribution < -0.4 is 4.74 Å². The van der Waals surface area contributed by atoms with Crippen LogP contribution in [-0.2, 0) is 10.3 Å². The van der Waals surface area contributed by atoms with Crippen molar-refractivity contribution in [3.05, 3.63) is 29.8 Å². The zero-order valence-corrected chi connectivity index (χ0v) is 16.7. The molecular weight excluding hydrogens is 344 g/mol. The Morgan fingerprint density at radius 1 is 1.22 bits per heavy atom. The maximum atomic E-state index is 11.6. The van der Waals surface area contributed by atoms with Crippen molar-refractivity contribution < 1.29 is 19.4 Å². The number of hydrogen-bond donors (Lipinski definition) is 1. The lowest BCUT2D eigenvalue weighted by Gasteiger charge is -2.43. The second-order valence-electron chi connectivity index (χ2n) is 7.96. The highest BCUT2D eigenvalue weighted by Gasteiger charge is 2.40. The van der Waals surface area contributed by atoms with Gasteiger partial charge < -0.3 is 24.4 Å². The van der Waals surface area contributed by atoms with Gasteiger partial charge in [-0.15, -0.1) is 0 Å². The van der Waals surface area contributed by atoms with Crippen LogP contribution in [-0.4, -0.2) is 66.5 Å². The average Bonchev–Trinajstić information content (AvgIpc) is 2.69. The quantitative estimate of drug-likeness (QED) is 0.851. The average molecular weight is 376 g/mol. The van der Waals surface area contributed by atoms with Gasteiger partial charge in [0, 0.05) is 39.4 Å². The predicted octanol–water partition coefficient (Wildman–Crippen LogP) is 3.55. The number of carboxylic acid groups (broad SMARTS) is 1. The van der Waals surface area contributed by atoms with Crippen LogP contribution in [0.2, 0.25) is 0 Å². The minimum atomic E-state index is -0.908. The molecule has 150 valence electrons. The molecule has 1 aromatic carbocycles. The molecule has 0 radical (unpaired) electrons. The molecule has 0 saturated carbocycles. The smallest absolute Gasteiger partial charge is 0.407 e. The van der Waals surface area contributed by atoms with Crippen molar-refractivity contribution in [2.45, 2.75) is 57.2 Å². The van der Waals surface area contributed by atoms with Gasteiger partial charge in [0.25, 0.3) is 0 Å². The van der Waals surface area contributed by atoms with Gasteiger partial charge in [0.15, 0.2) is 0 Å². The van der Waals surface area contributed by atoms with Crippen molar-refractivity contribution in [1.82, 2.24) is 9.80 Å². The van der Waals surface area contributed by atoms with Gasteiger partial charge >= 0.3 is 6.09 Å². The highest BCUT2D eigenvalue weighted by molar-refractivity contribution is 5.66. The number of ether oxygens (including phenoxy) is 2. The summed E-state index contributed by atoms with van der Waals surface area (Å²) in [6, 6.07) is 8.59. The molecule has 3 rings (SSSR count). The number of rotatable bonds is 5. The summed E-state index contributed by atoms with van der Waals surface area (Å²) in [4.78, 5) is 15.6. The van der Waals surface area contributed by atoms with Crippen LogP contribution in [0.25, 0.3) is 0 Å². The van der Waals surface area contributed by atoms with E-state index < -0.39 is 11.6 Å². The Morgan fingerprint density at radius 2 is 1.81 bits per heavy atom. The number of benzene rings is 1. The van der Waals surface area contributed by atoms with E-state index in [-0.39, 0.29) is 6.10 Å². The summed E-state index contributed by atoms with van der Waals surface area (Å²) in [7, 11) is 1.65. The first-order valence-corrected chi connectivity index (χ1v) is 9.98. The van der Waals surface area contributed by atoms with E-state index in [2.05, 4.69) is 18.7 Å². The second-order valence-corrected chi connectivity index (χ2v) is 7.96. The van der Waals surface area contributed by atoms with Crippen molar-refractivity contribution in [3.63, 3.8) is 0 Å². The minimum Gasteiger partial charge on any atom is -0.490 e. The fraction of sp³-hybridized carbons (Fsp3) is 0.667. The van der Waals surface area contributed by atoms with Crippen molar-refractivity contribution in [3.8, 4) is 5.75 Å². The third-order valence-electron chi connectivity index (χ3n) is 6.15. The Hall–Kier alpha value is -1.79. The van der Waals surface area contributed by atoms with Crippen LogP contribution in [0.3, 0.4) is 0 Å². The number of carbonyl (C=O) groups is 1. The largest absolute Gasteiger partial charge is 0.490 e. The SMILES string of the molecule is CC(C)N1CCC(Oc2ccc(C3(N(C)C(=O)O)CCOCC3)cc2)CC1. The third-order valence-corrected chi connectivity index (χ3v) is 6.15. The number of likely N-dealkylation sites (tertiary alicyclic amines) is 1. The third kappa shape index (κ3) is 4.38. The van der Waals surface area contributed by atoms with Gasteiger partial charge in [-0.3, -0.25) is 0 Å². The Bertz CT molecular complexity index is 618. The molecule has 1 N–H and O–H groups in total. The van der Waals surface area contributed by atoms with Crippen LogP contribution in [0.5, 0.6) is 5.75 Å². The van der Waals surface area contributed by atoms with Crippen LogP contribution in [0, 0.1) is 0 Å². The Morgan fingerprint density at radius 3 is 2.33 bits per heavy atom. The van der Waals surface area contributed by atoms with Crippen molar-refractivity contribution >= 4 is 6.09 Å². The molecule has 0 aromatic heterocycles. The first-order valence-electron chi connectivity index (χ1n) is 9.98. The molecule has 0 bridgehead atoms. The number of amides is 1. The summed E-state index contributed by atoms with van der Waals surface area (Å²) in [6.07, 6.45) is 2.78. The molecule has 2 aliphatic rings. The van der Waals surface area contributed by atoms with E-state index in [1.807, 2.05) is 24.3 Å². The minimum absolute atomic E-state index is 0.254. The van der Waals surface area contributed by atoms with Crippen LogP contribution in [0.15, 0.2) is 24.3 Å². The number of nitrogens with zero attached hydrogens (tertiary/aromatic N) is 2. The lowest BCUT2D eigenvalue weighted by atomic mass is 9.81. The maximum absolute atomic E-state index is 11.6. The lowest BCUT2D eigenvalue weighted by Crippen LogP contribution is -2.50. The summed E-state index contributed by atoms with van der Waals surface area (Å²) in [5.74, 6) is 0.863. The first-order chi connectivity index (χ1) is 12.9. The molecule has 2 saturated heterocycles. The second kappa shape index (κ2) is 8.48. The molecule has 0 unspecified atom stereocenters. The van der Waals surface area contributed by atoms with Gasteiger partial charge in [-0.05, 0) is 57.2 Å². The molecule has 1 aromatic rings. The fourth-order valence-electron chi connectivity index (χ4n) is 4.26. The van der Waals surface area contributed by atoms with E-state index in [4.69, 9.17) is 9.47 Å². The molecular formula is C21H32N2O4. The molecule has 0 spiro atoms. The van der Waals surface area contributed by atoms with Crippen LogP contribution in [0.1, 0.15) is 45.1 Å². The van der Waals surface area contributed by atoms with E-state index in [1.165, 1.54) is 4.90 Å². The van der Waals surface area contributed by atoms with E-state index >= 15 is 0 Å². The zero-order valence-electron chi connectivity index (χ0n) is 16.7. The molecule has 0 atom stereocenters. The molecule has 6 heteroatoms. The van der Waals surface area contributed by atoms with Crippen LogP contribution >= 0.6 is 0 Å². The van der Waals surface area contributed by atoms with E-state index in [1.54, 1.807) is 7.05 Å². The Labute approximate surface area is 162 Å². The van der Waals surface area contributed by atoms with E-state index in [0.29, 0.717) is 32.1 Å². The highest BCUT2D eigenvalue weighted by atomic mass is 16.5. The highest BCUT2D eigenvalue weighted by Crippen LogP contribution is 2.38. The van der Waals surface area contributed by atoms with Crippen molar-refractivity contribution in [2.24, 2.45) is 0 Å². The number of hydrogen-bond acceptors (Lipinski definition) is 4. The normalized spacial score (nSPS) is 21.2. The maximum Gasteiger partial charge on any atom is 0.407 e. The van der Waals surface area contributed by atoms with Gasteiger partial charge in [-0.25, -0.2) is 4.79 Å². The monoisotopic (exact) mass is 376 g/mol. The summed E-state index contributed by atoms with van der Waals surface area (Å²) in [5.41, 5.74) is 0.489. The summed E-state index contributed by atoms with van der Waals surface area (Å²) in [5, 5.41) is 9.55. The molecule has 27 heavy (non-hydrogen) atoms. The first kappa shape index (κ1) is 20.0.